The van der Waals surface area contributed by atoms with Crippen LogP contribution in [0, 0.1) is 10.1 Å². The van der Waals surface area contributed by atoms with Gasteiger partial charge in [-0.25, -0.2) is 4.79 Å². The lowest BCUT2D eigenvalue weighted by Crippen LogP contribution is -2.21. The number of benzene rings is 1. The van der Waals surface area contributed by atoms with Crippen molar-refractivity contribution in [2.75, 3.05) is 18.5 Å². The number of ether oxygens (including phenoxy) is 2. The summed E-state index contributed by atoms with van der Waals surface area (Å²) < 4.78 is 10.4. The Bertz CT molecular complexity index is 1030. The van der Waals surface area contributed by atoms with E-state index in [2.05, 4.69) is 5.32 Å². The number of anilines is 1. The van der Waals surface area contributed by atoms with Crippen LogP contribution in [0.3, 0.4) is 0 Å². The van der Waals surface area contributed by atoms with Crippen LogP contribution in [-0.4, -0.2) is 30.0 Å². The van der Waals surface area contributed by atoms with Gasteiger partial charge in [0.1, 0.15) is 10.6 Å². The van der Waals surface area contributed by atoms with Crippen LogP contribution in [-0.2, 0) is 9.53 Å². The van der Waals surface area contributed by atoms with Gasteiger partial charge in [-0.3, -0.25) is 14.9 Å². The number of nitro groups is 1. The number of nitrogens with one attached hydrogen (secondary N) is 1. The summed E-state index contributed by atoms with van der Waals surface area (Å²) in [5.74, 6) is -1.09. The summed E-state index contributed by atoms with van der Waals surface area (Å²) in [6, 6.07) is 9.53. The van der Waals surface area contributed by atoms with Gasteiger partial charge in [0.15, 0.2) is 12.4 Å². The molecular weight excluding hydrogens is 416 g/mol. The first kappa shape index (κ1) is 20.5. The average molecular weight is 432 g/mol. The summed E-state index contributed by atoms with van der Waals surface area (Å²) in [4.78, 5) is 36.1. The number of thiophene rings is 2. The number of hydrogen-bond acceptors (Lipinski definition) is 8. The maximum atomic E-state index is 12.5. The number of rotatable bonds is 8. The molecule has 150 valence electrons. The van der Waals surface area contributed by atoms with E-state index in [1.807, 2.05) is 17.5 Å². The zero-order valence-corrected chi connectivity index (χ0v) is 16.9. The molecule has 0 unspecified atom stereocenters. The highest BCUT2D eigenvalue weighted by Gasteiger charge is 2.23. The minimum absolute atomic E-state index is 0.0104. The molecule has 8 nitrogen and oxygen atoms in total. The van der Waals surface area contributed by atoms with Crippen molar-refractivity contribution in [3.05, 3.63) is 62.8 Å². The van der Waals surface area contributed by atoms with E-state index in [9.17, 15) is 19.7 Å². The maximum Gasteiger partial charge on any atom is 0.341 e. The van der Waals surface area contributed by atoms with Gasteiger partial charge in [0.2, 0.25) is 0 Å². The van der Waals surface area contributed by atoms with Crippen LogP contribution >= 0.6 is 22.7 Å². The number of nitro benzene ring substituents is 1. The van der Waals surface area contributed by atoms with Crippen molar-refractivity contribution in [3.63, 3.8) is 0 Å². The largest absolute Gasteiger partial charge is 0.477 e. The molecule has 0 atom stereocenters. The van der Waals surface area contributed by atoms with Gasteiger partial charge >= 0.3 is 11.7 Å². The second kappa shape index (κ2) is 9.30. The van der Waals surface area contributed by atoms with Crippen LogP contribution in [0.1, 0.15) is 17.3 Å². The van der Waals surface area contributed by atoms with Crippen molar-refractivity contribution in [3.8, 4) is 16.2 Å². The zero-order valence-electron chi connectivity index (χ0n) is 15.2. The molecule has 0 saturated carbocycles. The third-order valence-electron chi connectivity index (χ3n) is 3.73. The molecule has 0 aliphatic rings. The number of carbonyl (C=O) groups is 2. The molecule has 2 aromatic heterocycles. The SMILES string of the molecule is CCOC(=O)c1c(-c2cccs2)csc1NC(=O)COc1ccccc1[N+](=O)[O-]. The Kier molecular flexibility index (Phi) is 6.57. The first-order valence-electron chi connectivity index (χ1n) is 8.49. The number of nitrogens with zero attached hydrogens (tertiary/aromatic N) is 1. The molecule has 3 rings (SSSR count). The standard InChI is InChI=1S/C19H16N2O6S2/c1-2-26-19(23)17-12(15-8-5-9-28-15)11-29-18(17)20-16(22)10-27-14-7-4-3-6-13(14)21(24)25/h3-9,11H,2,10H2,1H3,(H,20,22). The Labute approximate surface area is 173 Å². The normalized spacial score (nSPS) is 10.4. The minimum Gasteiger partial charge on any atom is -0.477 e. The Morgan fingerprint density at radius 2 is 1.97 bits per heavy atom. The van der Waals surface area contributed by atoms with Crippen molar-refractivity contribution >= 4 is 45.2 Å². The van der Waals surface area contributed by atoms with E-state index in [1.54, 1.807) is 18.4 Å². The fourth-order valence-electron chi connectivity index (χ4n) is 2.51. The lowest BCUT2D eigenvalue weighted by Gasteiger charge is -2.09. The third kappa shape index (κ3) is 4.79. The van der Waals surface area contributed by atoms with Gasteiger partial charge in [0.05, 0.1) is 11.5 Å². The highest BCUT2D eigenvalue weighted by atomic mass is 32.1. The smallest absolute Gasteiger partial charge is 0.341 e. The van der Waals surface area contributed by atoms with Crippen LogP contribution in [0.4, 0.5) is 10.7 Å². The number of carbonyl (C=O) groups excluding carboxylic acids is 2. The molecular formula is C19H16N2O6S2. The predicted molar refractivity (Wildman–Crippen MR) is 111 cm³/mol. The molecule has 0 aliphatic heterocycles. The number of hydrogen-bond donors (Lipinski definition) is 1. The molecule has 1 amide bonds. The summed E-state index contributed by atoms with van der Waals surface area (Å²) in [7, 11) is 0. The molecule has 0 bridgehead atoms. The molecule has 0 saturated heterocycles. The van der Waals surface area contributed by atoms with Gasteiger partial charge in [-0.15, -0.1) is 22.7 Å². The van der Waals surface area contributed by atoms with Crippen LogP contribution in [0.5, 0.6) is 5.75 Å². The molecule has 10 heteroatoms. The third-order valence-corrected chi connectivity index (χ3v) is 5.53. The lowest BCUT2D eigenvalue weighted by atomic mass is 10.1. The highest BCUT2D eigenvalue weighted by Crippen LogP contribution is 2.38. The second-order valence-corrected chi connectivity index (χ2v) is 7.44. The van der Waals surface area contributed by atoms with E-state index >= 15 is 0 Å². The topological polar surface area (TPSA) is 108 Å². The van der Waals surface area contributed by atoms with Crippen LogP contribution in [0.25, 0.3) is 10.4 Å². The van der Waals surface area contributed by atoms with Crippen LogP contribution in [0.15, 0.2) is 47.2 Å². The van der Waals surface area contributed by atoms with E-state index in [0.29, 0.717) is 10.6 Å². The summed E-state index contributed by atoms with van der Waals surface area (Å²) in [5.41, 5.74) is 0.723. The van der Waals surface area contributed by atoms with Crippen molar-refractivity contribution in [2.45, 2.75) is 6.92 Å². The molecule has 0 radical (unpaired) electrons. The quantitative estimate of drug-likeness (QED) is 0.317. The van der Waals surface area contributed by atoms with Gasteiger partial charge in [-0.1, -0.05) is 18.2 Å². The Morgan fingerprint density at radius 1 is 1.17 bits per heavy atom. The molecule has 29 heavy (non-hydrogen) atoms. The van der Waals surface area contributed by atoms with Crippen molar-refractivity contribution in [2.24, 2.45) is 0 Å². The average Bonchev–Trinajstić information content (AvgIpc) is 3.36. The summed E-state index contributed by atoms with van der Waals surface area (Å²) in [5, 5.41) is 17.7. The summed E-state index contributed by atoms with van der Waals surface area (Å²) in [6.07, 6.45) is 0. The number of esters is 1. The van der Waals surface area contributed by atoms with E-state index in [4.69, 9.17) is 9.47 Å². The van der Waals surface area contributed by atoms with E-state index in [-0.39, 0.29) is 23.6 Å². The van der Waals surface area contributed by atoms with Gasteiger partial charge in [-0.05, 0) is 24.4 Å². The molecule has 1 N–H and O–H groups in total. The van der Waals surface area contributed by atoms with E-state index in [0.717, 1.165) is 4.88 Å². The molecule has 0 fully saturated rings. The highest BCUT2D eigenvalue weighted by molar-refractivity contribution is 7.17. The minimum atomic E-state index is -0.585. The van der Waals surface area contributed by atoms with Gasteiger partial charge in [-0.2, -0.15) is 0 Å². The monoisotopic (exact) mass is 432 g/mol. The first-order valence-corrected chi connectivity index (χ1v) is 10.3. The van der Waals surface area contributed by atoms with E-state index < -0.39 is 23.4 Å². The Morgan fingerprint density at radius 3 is 2.66 bits per heavy atom. The molecule has 3 aromatic rings. The molecule has 2 heterocycles. The van der Waals surface area contributed by atoms with Crippen LogP contribution < -0.4 is 10.1 Å². The summed E-state index contributed by atoms with van der Waals surface area (Å²) >= 11 is 2.66. The zero-order chi connectivity index (χ0) is 20.8. The predicted octanol–water partition coefficient (Wildman–Crippen LogP) is 4.58. The maximum absolute atomic E-state index is 12.5. The van der Waals surface area contributed by atoms with Crippen molar-refractivity contribution < 1.29 is 24.0 Å². The second-order valence-electron chi connectivity index (χ2n) is 5.61. The number of para-hydroxylation sites is 2. The number of amides is 1. The van der Waals surface area contributed by atoms with Gasteiger partial charge in [0.25, 0.3) is 5.91 Å². The van der Waals surface area contributed by atoms with Crippen molar-refractivity contribution in [1.29, 1.82) is 0 Å². The summed E-state index contributed by atoms with van der Waals surface area (Å²) in [6.45, 7) is 1.46. The van der Waals surface area contributed by atoms with Crippen LogP contribution in [0.2, 0.25) is 0 Å². The Balaban J connectivity index is 1.77. The molecule has 0 aliphatic carbocycles. The van der Waals surface area contributed by atoms with E-state index in [1.165, 1.54) is 40.9 Å². The molecule has 1 aromatic carbocycles. The van der Waals surface area contributed by atoms with Gasteiger partial charge < -0.3 is 14.8 Å². The molecule has 0 spiro atoms. The van der Waals surface area contributed by atoms with Crippen molar-refractivity contribution in [1.82, 2.24) is 0 Å². The first-order chi connectivity index (χ1) is 14.0. The fourth-order valence-corrected chi connectivity index (χ4v) is 4.29. The fraction of sp³-hybridized carbons (Fsp3) is 0.158. The van der Waals surface area contributed by atoms with Gasteiger partial charge in [0, 0.05) is 21.9 Å². The Hall–Kier alpha value is -3.24. The lowest BCUT2D eigenvalue weighted by molar-refractivity contribution is -0.385.